The number of rotatable bonds is 4. The zero-order valence-electron chi connectivity index (χ0n) is 13.6. The van der Waals surface area contributed by atoms with Gasteiger partial charge in [0, 0.05) is 18.0 Å². The molecule has 1 atom stereocenters. The molecule has 0 radical (unpaired) electrons. The molecule has 0 aliphatic carbocycles. The maximum absolute atomic E-state index is 12.7. The summed E-state index contributed by atoms with van der Waals surface area (Å²) in [5.41, 5.74) is 8.51. The second kappa shape index (κ2) is 7.05. The fraction of sp³-hybridized carbons (Fsp3) is 0.333. The van der Waals surface area contributed by atoms with Crippen LogP contribution in [-0.4, -0.2) is 23.4 Å². The molecule has 6 heteroatoms. The van der Waals surface area contributed by atoms with Crippen molar-refractivity contribution >= 4 is 23.3 Å². The van der Waals surface area contributed by atoms with E-state index in [-0.39, 0.29) is 12.3 Å². The van der Waals surface area contributed by atoms with E-state index in [0.29, 0.717) is 6.54 Å². The molecule has 1 aromatic heterocycles. The summed E-state index contributed by atoms with van der Waals surface area (Å²) in [7, 11) is 0. The Balaban J connectivity index is 1.73. The summed E-state index contributed by atoms with van der Waals surface area (Å²) in [6.07, 6.45) is 1.11. The molecule has 2 heterocycles. The van der Waals surface area contributed by atoms with Gasteiger partial charge in [0.2, 0.25) is 5.91 Å². The molecule has 5 nitrogen and oxygen atoms in total. The molecule has 24 heavy (non-hydrogen) atoms. The van der Waals surface area contributed by atoms with Crippen molar-refractivity contribution in [3.63, 3.8) is 0 Å². The number of primary amides is 1. The fourth-order valence-corrected chi connectivity index (χ4v) is 3.97. The number of benzene rings is 1. The van der Waals surface area contributed by atoms with Crippen molar-refractivity contribution in [3.8, 4) is 0 Å². The second-order valence-electron chi connectivity index (χ2n) is 6.11. The number of fused-ring (bicyclic) bond motifs is 1. The van der Waals surface area contributed by atoms with E-state index in [4.69, 9.17) is 5.73 Å². The summed E-state index contributed by atoms with van der Waals surface area (Å²) in [5, 5.41) is 4.77. The Morgan fingerprint density at radius 3 is 2.96 bits per heavy atom. The van der Waals surface area contributed by atoms with Gasteiger partial charge in [-0.3, -0.25) is 4.79 Å². The zero-order valence-corrected chi connectivity index (χ0v) is 14.4. The van der Waals surface area contributed by atoms with Crippen LogP contribution < -0.4 is 11.1 Å². The molecule has 1 aliphatic rings. The van der Waals surface area contributed by atoms with Crippen LogP contribution in [0.25, 0.3) is 0 Å². The van der Waals surface area contributed by atoms with Gasteiger partial charge in [0.25, 0.3) is 0 Å². The summed E-state index contributed by atoms with van der Waals surface area (Å²) in [6.45, 7) is 3.35. The van der Waals surface area contributed by atoms with Gasteiger partial charge < -0.3 is 16.0 Å². The van der Waals surface area contributed by atoms with Crippen molar-refractivity contribution in [2.24, 2.45) is 5.73 Å². The van der Waals surface area contributed by atoms with Gasteiger partial charge in [-0.05, 0) is 35.9 Å². The number of hydrogen-bond donors (Lipinski definition) is 2. The molecule has 3 amide bonds. The average Bonchev–Trinajstić information content (AvgIpc) is 3.01. The third kappa shape index (κ3) is 3.76. The molecule has 0 spiro atoms. The smallest absolute Gasteiger partial charge is 0.312 e. The van der Waals surface area contributed by atoms with Crippen LogP contribution in [0.4, 0.5) is 4.79 Å². The van der Waals surface area contributed by atoms with E-state index in [1.165, 1.54) is 10.4 Å². The lowest BCUT2D eigenvalue weighted by Crippen LogP contribution is -2.40. The number of carbonyl (C=O) groups excluding carboxylic acids is 2. The van der Waals surface area contributed by atoms with Crippen molar-refractivity contribution in [2.45, 2.75) is 32.4 Å². The summed E-state index contributed by atoms with van der Waals surface area (Å²) < 4.78 is 0. The standard InChI is InChI=1S/C18H21N3O2S/c1-12-3-2-4-13(9-12)15(20-18(19)23)10-17(22)21-7-5-16-14(11-21)6-8-24-16/h2-4,6,8-9,15H,5,7,10-11H2,1H3,(H3,19,20,23). The molecule has 126 valence electrons. The van der Waals surface area contributed by atoms with Gasteiger partial charge in [0.15, 0.2) is 0 Å². The Morgan fingerprint density at radius 1 is 1.38 bits per heavy atom. The first-order valence-corrected chi connectivity index (χ1v) is 8.86. The Labute approximate surface area is 145 Å². The first-order chi connectivity index (χ1) is 11.5. The molecule has 3 rings (SSSR count). The zero-order chi connectivity index (χ0) is 17.1. The third-order valence-corrected chi connectivity index (χ3v) is 5.32. The van der Waals surface area contributed by atoms with Crippen molar-refractivity contribution in [2.75, 3.05) is 6.54 Å². The maximum atomic E-state index is 12.7. The highest BCUT2D eigenvalue weighted by molar-refractivity contribution is 7.10. The van der Waals surface area contributed by atoms with E-state index >= 15 is 0 Å². The summed E-state index contributed by atoms with van der Waals surface area (Å²) in [4.78, 5) is 27.3. The highest BCUT2D eigenvalue weighted by Gasteiger charge is 2.25. The number of carbonyl (C=O) groups is 2. The maximum Gasteiger partial charge on any atom is 0.312 e. The van der Waals surface area contributed by atoms with Crippen LogP contribution in [0.3, 0.4) is 0 Å². The molecule has 0 saturated heterocycles. The van der Waals surface area contributed by atoms with Crippen molar-refractivity contribution in [3.05, 3.63) is 57.3 Å². The minimum Gasteiger partial charge on any atom is -0.352 e. The normalized spacial score (nSPS) is 14.8. The number of amides is 3. The quantitative estimate of drug-likeness (QED) is 0.896. The molecule has 1 aromatic carbocycles. The SMILES string of the molecule is Cc1cccc(C(CC(=O)N2CCc3sccc3C2)NC(N)=O)c1. The number of thiophene rings is 1. The largest absolute Gasteiger partial charge is 0.352 e. The van der Waals surface area contributed by atoms with E-state index in [9.17, 15) is 9.59 Å². The first kappa shape index (κ1) is 16.5. The Morgan fingerprint density at radius 2 is 2.21 bits per heavy atom. The topological polar surface area (TPSA) is 75.4 Å². The number of aryl methyl sites for hydroxylation is 1. The van der Waals surface area contributed by atoms with E-state index in [0.717, 1.165) is 24.1 Å². The lowest BCUT2D eigenvalue weighted by Gasteiger charge is -2.29. The minimum absolute atomic E-state index is 0.0344. The van der Waals surface area contributed by atoms with E-state index in [2.05, 4.69) is 16.8 Å². The summed E-state index contributed by atoms with van der Waals surface area (Å²) in [6, 6.07) is 8.85. The Bertz CT molecular complexity index is 756. The molecule has 1 aliphatic heterocycles. The molecule has 2 aromatic rings. The first-order valence-electron chi connectivity index (χ1n) is 7.98. The number of hydrogen-bond acceptors (Lipinski definition) is 3. The van der Waals surface area contributed by atoms with E-state index in [1.54, 1.807) is 11.3 Å². The molecule has 3 N–H and O–H groups in total. The van der Waals surface area contributed by atoms with Crippen LogP contribution in [0, 0.1) is 6.92 Å². The van der Waals surface area contributed by atoms with Crippen molar-refractivity contribution in [1.82, 2.24) is 10.2 Å². The van der Waals surface area contributed by atoms with Crippen LogP contribution in [-0.2, 0) is 17.8 Å². The number of urea groups is 1. The summed E-state index contributed by atoms with van der Waals surface area (Å²) in [5.74, 6) is 0.0344. The molecule has 0 fully saturated rings. The van der Waals surface area contributed by atoms with Gasteiger partial charge >= 0.3 is 6.03 Å². The fourth-order valence-electron chi connectivity index (χ4n) is 3.08. The number of nitrogens with zero attached hydrogens (tertiary/aromatic N) is 1. The van der Waals surface area contributed by atoms with E-state index < -0.39 is 12.1 Å². The van der Waals surface area contributed by atoms with Crippen molar-refractivity contribution < 1.29 is 9.59 Å². The highest BCUT2D eigenvalue weighted by atomic mass is 32.1. The van der Waals surface area contributed by atoms with Gasteiger partial charge in [-0.2, -0.15) is 0 Å². The lowest BCUT2D eigenvalue weighted by atomic mass is 10.0. The Hall–Kier alpha value is -2.34. The Kier molecular flexibility index (Phi) is 4.85. The van der Waals surface area contributed by atoms with Crippen LogP contribution in [0.15, 0.2) is 35.7 Å². The molecular formula is C18H21N3O2S. The molecule has 1 unspecified atom stereocenters. The van der Waals surface area contributed by atoms with Crippen LogP contribution in [0.2, 0.25) is 0 Å². The van der Waals surface area contributed by atoms with Gasteiger partial charge in [-0.1, -0.05) is 29.8 Å². The van der Waals surface area contributed by atoms with Crippen LogP contribution >= 0.6 is 11.3 Å². The monoisotopic (exact) mass is 343 g/mol. The molecule has 0 bridgehead atoms. The minimum atomic E-state index is -0.618. The highest BCUT2D eigenvalue weighted by Crippen LogP contribution is 2.26. The summed E-state index contributed by atoms with van der Waals surface area (Å²) >= 11 is 1.75. The number of nitrogens with one attached hydrogen (secondary N) is 1. The molecule has 0 saturated carbocycles. The van der Waals surface area contributed by atoms with Gasteiger partial charge in [-0.15, -0.1) is 11.3 Å². The number of nitrogens with two attached hydrogens (primary N) is 1. The van der Waals surface area contributed by atoms with Gasteiger partial charge in [0.1, 0.15) is 0 Å². The second-order valence-corrected chi connectivity index (χ2v) is 7.11. The lowest BCUT2D eigenvalue weighted by molar-refractivity contribution is -0.132. The average molecular weight is 343 g/mol. The van der Waals surface area contributed by atoms with E-state index in [1.807, 2.05) is 36.1 Å². The predicted octanol–water partition coefficient (Wildman–Crippen LogP) is 2.74. The van der Waals surface area contributed by atoms with Gasteiger partial charge in [-0.25, -0.2) is 4.79 Å². The molecular weight excluding hydrogens is 322 g/mol. The van der Waals surface area contributed by atoms with Crippen LogP contribution in [0.1, 0.15) is 34.0 Å². The van der Waals surface area contributed by atoms with Crippen LogP contribution in [0.5, 0.6) is 0 Å². The predicted molar refractivity (Wildman–Crippen MR) is 94.7 cm³/mol. The third-order valence-electron chi connectivity index (χ3n) is 4.30. The van der Waals surface area contributed by atoms with Crippen molar-refractivity contribution in [1.29, 1.82) is 0 Å². The van der Waals surface area contributed by atoms with Gasteiger partial charge in [0.05, 0.1) is 12.5 Å².